The molecule has 1 fully saturated rings. The van der Waals surface area contributed by atoms with Gasteiger partial charge >= 0.3 is 12.1 Å². The van der Waals surface area contributed by atoms with Crippen molar-refractivity contribution >= 4 is 17.8 Å². The first-order chi connectivity index (χ1) is 11.9. The van der Waals surface area contributed by atoms with Gasteiger partial charge in [0, 0.05) is 31.9 Å². The molecular weight excluding hydrogens is 322 g/mol. The van der Waals surface area contributed by atoms with Crippen molar-refractivity contribution in [2.45, 2.75) is 33.3 Å². The van der Waals surface area contributed by atoms with Crippen molar-refractivity contribution in [1.29, 1.82) is 0 Å². The summed E-state index contributed by atoms with van der Waals surface area (Å²) in [6, 6.07) is 5.46. The van der Waals surface area contributed by atoms with Crippen LogP contribution in [0.15, 0.2) is 18.2 Å². The second-order valence-corrected chi connectivity index (χ2v) is 6.37. The van der Waals surface area contributed by atoms with Crippen molar-refractivity contribution in [2.75, 3.05) is 38.6 Å². The molecule has 0 aliphatic carbocycles. The van der Waals surface area contributed by atoms with Crippen LogP contribution in [0.1, 0.15) is 25.8 Å². The Hall–Kier alpha value is -2.44. The van der Waals surface area contributed by atoms with Gasteiger partial charge in [0.2, 0.25) is 0 Å². The molecular formula is C18H27N3O4. The molecule has 0 spiro atoms. The highest BCUT2D eigenvalue weighted by atomic mass is 16.5. The Morgan fingerprint density at radius 2 is 1.80 bits per heavy atom. The van der Waals surface area contributed by atoms with Crippen molar-refractivity contribution in [2.24, 2.45) is 0 Å². The molecule has 0 aromatic heterocycles. The molecule has 0 saturated carbocycles. The number of carbonyl (C=O) groups excluding carboxylic acids is 2. The lowest BCUT2D eigenvalue weighted by Gasteiger charge is -2.22. The van der Waals surface area contributed by atoms with Crippen LogP contribution in [-0.4, -0.2) is 61.3 Å². The van der Waals surface area contributed by atoms with E-state index in [2.05, 4.69) is 5.32 Å². The molecule has 1 N–H and O–H groups in total. The molecule has 0 radical (unpaired) electrons. The molecule has 3 amide bonds. The molecule has 1 aromatic carbocycles. The standard InChI is InChI=1S/C18H27N3O4/c1-13(2)25-15-6-7-16(14(3)12-15)19-17(22)20-8-5-9-21(11-10-20)18(23)24-4/h6-7,12-13H,5,8-11H2,1-4H3,(H,19,22). The summed E-state index contributed by atoms with van der Waals surface area (Å²) in [4.78, 5) is 27.5. The maximum Gasteiger partial charge on any atom is 0.409 e. The van der Waals surface area contributed by atoms with Gasteiger partial charge in [0.1, 0.15) is 5.75 Å². The fourth-order valence-corrected chi connectivity index (χ4v) is 2.75. The van der Waals surface area contributed by atoms with E-state index in [1.54, 1.807) is 9.80 Å². The average Bonchev–Trinajstić information content (AvgIpc) is 2.82. The Kier molecular flexibility index (Phi) is 6.50. The summed E-state index contributed by atoms with van der Waals surface area (Å²) in [5.74, 6) is 0.786. The van der Waals surface area contributed by atoms with Gasteiger partial charge < -0.3 is 24.6 Å². The van der Waals surface area contributed by atoms with Crippen LogP contribution in [0, 0.1) is 6.92 Å². The summed E-state index contributed by atoms with van der Waals surface area (Å²) in [6.07, 6.45) is 0.483. The molecule has 25 heavy (non-hydrogen) atoms. The first kappa shape index (κ1) is 18.9. The molecule has 2 rings (SSSR count). The Bertz CT molecular complexity index is 618. The minimum atomic E-state index is -0.348. The maximum atomic E-state index is 12.5. The highest BCUT2D eigenvalue weighted by molar-refractivity contribution is 5.90. The van der Waals surface area contributed by atoms with Gasteiger partial charge in [-0.1, -0.05) is 0 Å². The zero-order chi connectivity index (χ0) is 18.4. The summed E-state index contributed by atoms with van der Waals surface area (Å²) in [7, 11) is 1.37. The molecule has 0 atom stereocenters. The van der Waals surface area contributed by atoms with Crippen LogP contribution in [0.3, 0.4) is 0 Å². The second-order valence-electron chi connectivity index (χ2n) is 6.37. The highest BCUT2D eigenvalue weighted by Crippen LogP contribution is 2.22. The molecule has 7 heteroatoms. The average molecular weight is 349 g/mol. The van der Waals surface area contributed by atoms with E-state index in [1.165, 1.54) is 7.11 Å². The van der Waals surface area contributed by atoms with Crippen LogP contribution in [0.4, 0.5) is 15.3 Å². The third-order valence-electron chi connectivity index (χ3n) is 4.03. The van der Waals surface area contributed by atoms with E-state index in [-0.39, 0.29) is 18.2 Å². The maximum absolute atomic E-state index is 12.5. The zero-order valence-electron chi connectivity index (χ0n) is 15.4. The lowest BCUT2D eigenvalue weighted by atomic mass is 10.2. The molecule has 138 valence electrons. The van der Waals surface area contributed by atoms with Gasteiger partial charge in [-0.3, -0.25) is 0 Å². The van der Waals surface area contributed by atoms with E-state index in [9.17, 15) is 9.59 Å². The van der Waals surface area contributed by atoms with Crippen molar-refractivity contribution in [3.8, 4) is 5.75 Å². The van der Waals surface area contributed by atoms with Crippen LogP contribution in [0.2, 0.25) is 0 Å². The lowest BCUT2D eigenvalue weighted by molar-refractivity contribution is 0.125. The van der Waals surface area contributed by atoms with E-state index in [1.807, 2.05) is 39.0 Å². The normalized spacial score (nSPS) is 14.9. The van der Waals surface area contributed by atoms with Crippen LogP contribution in [0.5, 0.6) is 5.75 Å². The van der Waals surface area contributed by atoms with Gasteiger partial charge in [0.15, 0.2) is 0 Å². The Labute approximate surface area is 148 Å². The van der Waals surface area contributed by atoms with Gasteiger partial charge in [-0.25, -0.2) is 9.59 Å². The third kappa shape index (κ3) is 5.27. The molecule has 0 unspecified atom stereocenters. The molecule has 1 aliphatic rings. The first-order valence-corrected chi connectivity index (χ1v) is 8.57. The number of rotatable bonds is 3. The Balaban J connectivity index is 1.96. The molecule has 0 bridgehead atoms. The molecule has 7 nitrogen and oxygen atoms in total. The summed E-state index contributed by atoms with van der Waals surface area (Å²) in [6.45, 7) is 8.03. The molecule has 1 aromatic rings. The Morgan fingerprint density at radius 1 is 1.12 bits per heavy atom. The summed E-state index contributed by atoms with van der Waals surface area (Å²) in [5, 5.41) is 2.94. The number of benzene rings is 1. The topological polar surface area (TPSA) is 71.1 Å². The van der Waals surface area contributed by atoms with E-state index in [0.717, 1.165) is 23.4 Å². The minimum Gasteiger partial charge on any atom is -0.491 e. The number of hydrogen-bond donors (Lipinski definition) is 1. The van der Waals surface area contributed by atoms with Crippen molar-refractivity contribution in [1.82, 2.24) is 9.80 Å². The number of urea groups is 1. The number of nitrogens with one attached hydrogen (secondary N) is 1. The molecule has 1 heterocycles. The van der Waals surface area contributed by atoms with Gasteiger partial charge in [-0.05, 0) is 51.0 Å². The number of amides is 3. The predicted molar refractivity (Wildman–Crippen MR) is 96.1 cm³/mol. The van der Waals surface area contributed by atoms with E-state index in [4.69, 9.17) is 9.47 Å². The highest BCUT2D eigenvalue weighted by Gasteiger charge is 2.22. The number of ether oxygens (including phenoxy) is 2. The van der Waals surface area contributed by atoms with Crippen LogP contribution in [-0.2, 0) is 4.74 Å². The zero-order valence-corrected chi connectivity index (χ0v) is 15.4. The van der Waals surface area contributed by atoms with Gasteiger partial charge in [0.25, 0.3) is 0 Å². The van der Waals surface area contributed by atoms with Crippen LogP contribution >= 0.6 is 0 Å². The van der Waals surface area contributed by atoms with Crippen LogP contribution in [0.25, 0.3) is 0 Å². The van der Waals surface area contributed by atoms with Crippen LogP contribution < -0.4 is 10.1 Å². The minimum absolute atomic E-state index is 0.106. The number of aryl methyl sites for hydroxylation is 1. The third-order valence-corrected chi connectivity index (χ3v) is 4.03. The second kappa shape index (κ2) is 8.60. The monoisotopic (exact) mass is 349 g/mol. The summed E-state index contributed by atoms with van der Waals surface area (Å²) < 4.78 is 10.4. The van der Waals surface area contributed by atoms with Gasteiger partial charge in [-0.15, -0.1) is 0 Å². The quantitative estimate of drug-likeness (QED) is 0.910. The summed E-state index contributed by atoms with van der Waals surface area (Å²) in [5.41, 5.74) is 1.70. The number of methoxy groups -OCH3 is 1. The smallest absolute Gasteiger partial charge is 0.409 e. The Morgan fingerprint density at radius 3 is 2.44 bits per heavy atom. The fraction of sp³-hybridized carbons (Fsp3) is 0.556. The lowest BCUT2D eigenvalue weighted by Crippen LogP contribution is -2.39. The van der Waals surface area contributed by atoms with Crippen molar-refractivity contribution < 1.29 is 19.1 Å². The molecule has 1 saturated heterocycles. The van der Waals surface area contributed by atoms with E-state index >= 15 is 0 Å². The predicted octanol–water partition coefficient (Wildman–Crippen LogP) is 3.09. The first-order valence-electron chi connectivity index (χ1n) is 8.57. The summed E-state index contributed by atoms with van der Waals surface area (Å²) >= 11 is 0. The molecule has 1 aliphatic heterocycles. The van der Waals surface area contributed by atoms with Gasteiger partial charge in [-0.2, -0.15) is 0 Å². The van der Waals surface area contributed by atoms with Gasteiger partial charge in [0.05, 0.1) is 13.2 Å². The largest absolute Gasteiger partial charge is 0.491 e. The number of anilines is 1. The number of nitrogens with zero attached hydrogens (tertiary/aromatic N) is 2. The number of carbonyl (C=O) groups is 2. The SMILES string of the molecule is COC(=O)N1CCCN(C(=O)Nc2ccc(OC(C)C)cc2C)CC1. The van der Waals surface area contributed by atoms with Crippen molar-refractivity contribution in [3.63, 3.8) is 0 Å². The van der Waals surface area contributed by atoms with E-state index in [0.29, 0.717) is 26.2 Å². The fourth-order valence-electron chi connectivity index (χ4n) is 2.75. The number of hydrogen-bond acceptors (Lipinski definition) is 4. The van der Waals surface area contributed by atoms with Crippen molar-refractivity contribution in [3.05, 3.63) is 23.8 Å². The van der Waals surface area contributed by atoms with E-state index < -0.39 is 0 Å².